The lowest BCUT2D eigenvalue weighted by molar-refractivity contribution is -0.117. The molecule has 1 aliphatic heterocycles. The van der Waals surface area contributed by atoms with Gasteiger partial charge in [-0.3, -0.25) is 4.79 Å². The van der Waals surface area contributed by atoms with E-state index in [1.54, 1.807) is 12.2 Å². The monoisotopic (exact) mass is 213 g/mol. The maximum absolute atomic E-state index is 11.7. The minimum absolute atomic E-state index is 0.198. The SMILES string of the molecule is C=Cc1ccc(C=C)c(N2CCCC2=O)c1. The van der Waals surface area contributed by atoms with Gasteiger partial charge in [0.05, 0.1) is 5.69 Å². The smallest absolute Gasteiger partial charge is 0.227 e. The highest BCUT2D eigenvalue weighted by Gasteiger charge is 2.23. The second-order valence-corrected chi connectivity index (χ2v) is 3.88. The first-order valence-electron chi connectivity index (χ1n) is 5.45. The quantitative estimate of drug-likeness (QED) is 0.755. The predicted molar refractivity (Wildman–Crippen MR) is 68.2 cm³/mol. The Morgan fingerprint density at radius 3 is 2.62 bits per heavy atom. The second-order valence-electron chi connectivity index (χ2n) is 3.88. The molecular weight excluding hydrogens is 198 g/mol. The number of carbonyl (C=O) groups is 1. The summed E-state index contributed by atoms with van der Waals surface area (Å²) >= 11 is 0. The lowest BCUT2D eigenvalue weighted by Gasteiger charge is -2.19. The lowest BCUT2D eigenvalue weighted by atomic mass is 10.1. The van der Waals surface area contributed by atoms with Gasteiger partial charge in [-0.15, -0.1) is 0 Å². The van der Waals surface area contributed by atoms with Crippen LogP contribution < -0.4 is 4.90 Å². The van der Waals surface area contributed by atoms with Crippen LogP contribution in [0.4, 0.5) is 5.69 Å². The van der Waals surface area contributed by atoms with Crippen molar-refractivity contribution in [1.82, 2.24) is 0 Å². The molecule has 0 N–H and O–H groups in total. The van der Waals surface area contributed by atoms with Crippen LogP contribution in [0, 0.1) is 0 Å². The standard InChI is InChI=1S/C14H15NO/c1-3-11-7-8-12(4-2)13(10-11)15-9-5-6-14(15)16/h3-4,7-8,10H,1-2,5-6,9H2. The Labute approximate surface area is 95.9 Å². The summed E-state index contributed by atoms with van der Waals surface area (Å²) < 4.78 is 0. The molecule has 0 unspecified atom stereocenters. The summed E-state index contributed by atoms with van der Waals surface area (Å²) in [4.78, 5) is 13.5. The van der Waals surface area contributed by atoms with Crippen LogP contribution in [0.3, 0.4) is 0 Å². The van der Waals surface area contributed by atoms with Crippen molar-refractivity contribution in [1.29, 1.82) is 0 Å². The number of nitrogens with zero attached hydrogens (tertiary/aromatic N) is 1. The fraction of sp³-hybridized carbons (Fsp3) is 0.214. The molecule has 1 saturated heterocycles. The van der Waals surface area contributed by atoms with E-state index in [2.05, 4.69) is 13.2 Å². The Morgan fingerprint density at radius 1 is 1.25 bits per heavy atom. The Bertz CT molecular complexity index is 448. The minimum atomic E-state index is 0.198. The second kappa shape index (κ2) is 4.35. The Kier molecular flexibility index (Phi) is 2.91. The molecule has 1 amide bonds. The van der Waals surface area contributed by atoms with Gasteiger partial charge in [0.1, 0.15) is 0 Å². The van der Waals surface area contributed by atoms with E-state index in [1.165, 1.54) is 0 Å². The van der Waals surface area contributed by atoms with Gasteiger partial charge >= 0.3 is 0 Å². The highest BCUT2D eigenvalue weighted by Crippen LogP contribution is 2.27. The topological polar surface area (TPSA) is 20.3 Å². The summed E-state index contributed by atoms with van der Waals surface area (Å²) in [6.07, 6.45) is 5.16. The third-order valence-electron chi connectivity index (χ3n) is 2.87. The largest absolute Gasteiger partial charge is 0.312 e. The Morgan fingerprint density at radius 2 is 2.06 bits per heavy atom. The number of anilines is 1. The minimum Gasteiger partial charge on any atom is -0.312 e. The molecule has 2 nitrogen and oxygen atoms in total. The molecular formula is C14H15NO. The summed E-state index contributed by atoms with van der Waals surface area (Å²) in [5.41, 5.74) is 2.98. The van der Waals surface area contributed by atoms with Gasteiger partial charge < -0.3 is 4.90 Å². The Hall–Kier alpha value is -1.83. The third kappa shape index (κ3) is 1.78. The van der Waals surface area contributed by atoms with Crippen molar-refractivity contribution in [3.63, 3.8) is 0 Å². The van der Waals surface area contributed by atoms with E-state index in [0.717, 1.165) is 29.8 Å². The summed E-state index contributed by atoms with van der Waals surface area (Å²) in [5, 5.41) is 0. The molecule has 1 fully saturated rings. The molecule has 0 bridgehead atoms. The summed E-state index contributed by atoms with van der Waals surface area (Å²) in [5.74, 6) is 0.198. The molecule has 82 valence electrons. The van der Waals surface area contributed by atoms with Gasteiger partial charge in [0.2, 0.25) is 5.91 Å². The number of carbonyl (C=O) groups excluding carboxylic acids is 1. The molecule has 1 heterocycles. The zero-order chi connectivity index (χ0) is 11.5. The highest BCUT2D eigenvalue weighted by atomic mass is 16.2. The molecule has 1 aliphatic rings. The van der Waals surface area contributed by atoms with Gasteiger partial charge in [-0.1, -0.05) is 37.4 Å². The molecule has 0 saturated carbocycles. The predicted octanol–water partition coefficient (Wildman–Crippen LogP) is 3.10. The summed E-state index contributed by atoms with van der Waals surface area (Å²) in [6.45, 7) is 8.33. The molecule has 0 aliphatic carbocycles. The van der Waals surface area contributed by atoms with E-state index in [9.17, 15) is 4.79 Å². The van der Waals surface area contributed by atoms with Crippen LogP contribution in [0.1, 0.15) is 24.0 Å². The van der Waals surface area contributed by atoms with E-state index < -0.39 is 0 Å². The number of rotatable bonds is 3. The van der Waals surface area contributed by atoms with Crippen molar-refractivity contribution in [2.45, 2.75) is 12.8 Å². The molecule has 1 aromatic carbocycles. The molecule has 16 heavy (non-hydrogen) atoms. The zero-order valence-corrected chi connectivity index (χ0v) is 9.28. The van der Waals surface area contributed by atoms with Crippen molar-refractivity contribution in [3.8, 4) is 0 Å². The summed E-state index contributed by atoms with van der Waals surface area (Å²) in [7, 11) is 0. The van der Waals surface area contributed by atoms with Crippen molar-refractivity contribution < 1.29 is 4.79 Å². The van der Waals surface area contributed by atoms with Crippen LogP contribution in [0.5, 0.6) is 0 Å². The highest BCUT2D eigenvalue weighted by molar-refractivity contribution is 5.97. The molecule has 2 rings (SSSR count). The molecule has 2 heteroatoms. The molecule has 1 aromatic rings. The first-order valence-corrected chi connectivity index (χ1v) is 5.45. The average molecular weight is 213 g/mol. The fourth-order valence-electron chi connectivity index (χ4n) is 2.00. The van der Waals surface area contributed by atoms with E-state index >= 15 is 0 Å². The molecule has 0 aromatic heterocycles. The van der Waals surface area contributed by atoms with E-state index in [0.29, 0.717) is 6.42 Å². The number of hydrogen-bond acceptors (Lipinski definition) is 1. The summed E-state index contributed by atoms with van der Waals surface area (Å²) in [6, 6.07) is 5.95. The maximum atomic E-state index is 11.7. The van der Waals surface area contributed by atoms with Crippen LogP contribution >= 0.6 is 0 Å². The lowest BCUT2D eigenvalue weighted by Crippen LogP contribution is -2.24. The van der Waals surface area contributed by atoms with Crippen LogP contribution in [0.15, 0.2) is 31.4 Å². The normalized spacial score (nSPS) is 15.2. The molecule has 0 atom stereocenters. The first kappa shape index (κ1) is 10.7. The first-order chi connectivity index (χ1) is 7.76. The number of amides is 1. The third-order valence-corrected chi connectivity index (χ3v) is 2.87. The van der Waals surface area contributed by atoms with E-state index in [-0.39, 0.29) is 5.91 Å². The van der Waals surface area contributed by atoms with Gasteiger partial charge in [-0.05, 0) is 23.6 Å². The average Bonchev–Trinajstić information content (AvgIpc) is 2.74. The van der Waals surface area contributed by atoms with Crippen molar-refractivity contribution in [2.75, 3.05) is 11.4 Å². The zero-order valence-electron chi connectivity index (χ0n) is 9.28. The van der Waals surface area contributed by atoms with Gasteiger partial charge in [0, 0.05) is 13.0 Å². The Balaban J connectivity index is 2.47. The van der Waals surface area contributed by atoms with Crippen LogP contribution in [0.2, 0.25) is 0 Å². The van der Waals surface area contributed by atoms with Gasteiger partial charge in [0.25, 0.3) is 0 Å². The van der Waals surface area contributed by atoms with E-state index in [4.69, 9.17) is 0 Å². The molecule has 0 spiro atoms. The van der Waals surface area contributed by atoms with Crippen molar-refractivity contribution in [2.24, 2.45) is 0 Å². The number of hydrogen-bond donors (Lipinski definition) is 0. The van der Waals surface area contributed by atoms with Gasteiger partial charge in [-0.25, -0.2) is 0 Å². The van der Waals surface area contributed by atoms with Gasteiger partial charge in [0.15, 0.2) is 0 Å². The fourth-order valence-corrected chi connectivity index (χ4v) is 2.00. The van der Waals surface area contributed by atoms with Crippen molar-refractivity contribution >= 4 is 23.7 Å². The van der Waals surface area contributed by atoms with Crippen LogP contribution in [-0.4, -0.2) is 12.5 Å². The van der Waals surface area contributed by atoms with E-state index in [1.807, 2.05) is 23.1 Å². The van der Waals surface area contributed by atoms with Crippen LogP contribution in [-0.2, 0) is 4.79 Å². The molecule has 0 radical (unpaired) electrons. The van der Waals surface area contributed by atoms with Crippen LogP contribution in [0.25, 0.3) is 12.2 Å². The number of benzene rings is 1. The maximum Gasteiger partial charge on any atom is 0.227 e. The van der Waals surface area contributed by atoms with Gasteiger partial charge in [-0.2, -0.15) is 0 Å². The van der Waals surface area contributed by atoms with Crippen molar-refractivity contribution in [3.05, 3.63) is 42.5 Å².